The monoisotopic (exact) mass is 300 g/mol. The highest BCUT2D eigenvalue weighted by Gasteiger charge is 2.38. The molecule has 2 N–H and O–H groups in total. The molecule has 8 heteroatoms. The van der Waals surface area contributed by atoms with E-state index in [1.54, 1.807) is 12.1 Å². The number of benzene rings is 1. The van der Waals surface area contributed by atoms with Gasteiger partial charge in [-0.2, -0.15) is 4.31 Å². The summed E-state index contributed by atoms with van der Waals surface area (Å²) < 4.78 is 31.3. The van der Waals surface area contributed by atoms with Gasteiger partial charge in [0.05, 0.1) is 7.11 Å². The minimum atomic E-state index is -3.91. The van der Waals surface area contributed by atoms with E-state index >= 15 is 0 Å². The molecular weight excluding hydrogens is 284 g/mol. The number of carbonyl (C=O) groups is 1. The molecule has 1 heterocycles. The molecule has 0 amide bonds. The summed E-state index contributed by atoms with van der Waals surface area (Å²) in [5.41, 5.74) is 0. The van der Waals surface area contributed by atoms with Crippen molar-refractivity contribution < 1.29 is 23.1 Å². The van der Waals surface area contributed by atoms with Gasteiger partial charge in [-0.15, -0.1) is 0 Å². The van der Waals surface area contributed by atoms with E-state index in [4.69, 9.17) is 9.84 Å². The zero-order valence-electron chi connectivity index (χ0n) is 10.9. The molecule has 1 unspecified atom stereocenters. The van der Waals surface area contributed by atoms with Crippen molar-refractivity contribution in [2.24, 2.45) is 0 Å². The number of carboxylic acids is 1. The van der Waals surface area contributed by atoms with Crippen LogP contribution in [-0.2, 0) is 14.8 Å². The number of carboxylic acid groups (broad SMARTS) is 1. The van der Waals surface area contributed by atoms with E-state index in [2.05, 4.69) is 5.32 Å². The lowest BCUT2D eigenvalue weighted by Gasteiger charge is -2.32. The van der Waals surface area contributed by atoms with Gasteiger partial charge in [-0.05, 0) is 12.1 Å². The van der Waals surface area contributed by atoms with E-state index in [0.29, 0.717) is 6.54 Å². The second-order valence-corrected chi connectivity index (χ2v) is 6.18. The van der Waals surface area contributed by atoms with Crippen LogP contribution in [0, 0.1) is 0 Å². The van der Waals surface area contributed by atoms with Gasteiger partial charge in [0, 0.05) is 19.6 Å². The molecule has 0 bridgehead atoms. The molecule has 0 aliphatic carbocycles. The number of methoxy groups -OCH3 is 1. The van der Waals surface area contributed by atoms with Crippen LogP contribution in [0.1, 0.15) is 0 Å². The van der Waals surface area contributed by atoms with Crippen LogP contribution in [0.5, 0.6) is 5.75 Å². The summed E-state index contributed by atoms with van der Waals surface area (Å²) in [6, 6.07) is 5.07. The highest BCUT2D eigenvalue weighted by atomic mass is 32.2. The van der Waals surface area contributed by atoms with E-state index in [9.17, 15) is 13.2 Å². The SMILES string of the molecule is COc1ccccc1S(=O)(=O)N1CCNCC1C(=O)O. The van der Waals surface area contributed by atoms with Gasteiger partial charge in [-0.1, -0.05) is 12.1 Å². The van der Waals surface area contributed by atoms with Gasteiger partial charge < -0.3 is 15.2 Å². The molecule has 0 radical (unpaired) electrons. The van der Waals surface area contributed by atoms with E-state index in [0.717, 1.165) is 4.31 Å². The minimum Gasteiger partial charge on any atom is -0.495 e. The Balaban J connectivity index is 2.45. The summed E-state index contributed by atoms with van der Waals surface area (Å²) in [6.45, 7) is 0.610. The molecule has 1 fully saturated rings. The number of aliphatic carboxylic acids is 1. The molecule has 20 heavy (non-hydrogen) atoms. The number of para-hydroxylation sites is 1. The summed E-state index contributed by atoms with van der Waals surface area (Å²) in [5, 5.41) is 12.0. The first-order valence-corrected chi connectivity index (χ1v) is 7.51. The van der Waals surface area contributed by atoms with Crippen LogP contribution in [0.25, 0.3) is 0 Å². The number of sulfonamides is 1. The van der Waals surface area contributed by atoms with Crippen LogP contribution in [-0.4, -0.2) is 56.6 Å². The number of nitrogens with zero attached hydrogens (tertiary/aromatic N) is 1. The van der Waals surface area contributed by atoms with Crippen molar-refractivity contribution in [2.45, 2.75) is 10.9 Å². The van der Waals surface area contributed by atoms with Crippen molar-refractivity contribution >= 4 is 16.0 Å². The van der Waals surface area contributed by atoms with Crippen LogP contribution in [0.2, 0.25) is 0 Å². The third-order valence-corrected chi connectivity index (χ3v) is 5.08. The normalized spacial score (nSPS) is 20.6. The first-order chi connectivity index (χ1) is 9.48. The lowest BCUT2D eigenvalue weighted by atomic mass is 10.2. The highest BCUT2D eigenvalue weighted by Crippen LogP contribution is 2.27. The molecular formula is C12H16N2O5S. The van der Waals surface area contributed by atoms with Crippen molar-refractivity contribution in [3.8, 4) is 5.75 Å². The Bertz CT molecular complexity index is 602. The predicted octanol–water partition coefficient (Wildman–Crippen LogP) is -0.258. The third kappa shape index (κ3) is 2.62. The van der Waals surface area contributed by atoms with E-state index < -0.39 is 22.0 Å². The summed E-state index contributed by atoms with van der Waals surface area (Å²) in [7, 11) is -2.54. The zero-order valence-corrected chi connectivity index (χ0v) is 11.8. The Hall–Kier alpha value is -1.64. The molecule has 0 saturated carbocycles. The van der Waals surface area contributed by atoms with Crippen LogP contribution < -0.4 is 10.1 Å². The minimum absolute atomic E-state index is 0.0179. The molecule has 0 aromatic heterocycles. The van der Waals surface area contributed by atoms with Crippen LogP contribution in [0.3, 0.4) is 0 Å². The maximum absolute atomic E-state index is 12.6. The van der Waals surface area contributed by atoms with Crippen LogP contribution in [0.4, 0.5) is 0 Å². The Morgan fingerprint density at radius 1 is 1.45 bits per heavy atom. The molecule has 1 atom stereocenters. The smallest absolute Gasteiger partial charge is 0.323 e. The fourth-order valence-corrected chi connectivity index (χ4v) is 3.88. The van der Waals surface area contributed by atoms with Crippen LogP contribution >= 0.6 is 0 Å². The first kappa shape index (κ1) is 14.8. The van der Waals surface area contributed by atoms with Gasteiger partial charge >= 0.3 is 5.97 Å². The predicted molar refractivity (Wildman–Crippen MR) is 71.2 cm³/mol. The topological polar surface area (TPSA) is 95.9 Å². The molecule has 110 valence electrons. The Morgan fingerprint density at radius 2 is 2.15 bits per heavy atom. The third-order valence-electron chi connectivity index (χ3n) is 3.14. The number of hydrogen-bond donors (Lipinski definition) is 2. The van der Waals surface area contributed by atoms with Crippen molar-refractivity contribution in [1.82, 2.24) is 9.62 Å². The molecule has 0 spiro atoms. The summed E-state index contributed by atoms with van der Waals surface area (Å²) in [4.78, 5) is 11.2. The number of ether oxygens (including phenoxy) is 1. The van der Waals surface area contributed by atoms with Gasteiger partial charge in [0.2, 0.25) is 10.0 Å². The average Bonchev–Trinajstić information content (AvgIpc) is 2.47. The maximum atomic E-state index is 12.6. The summed E-state index contributed by atoms with van der Waals surface area (Å²) in [6.07, 6.45) is 0. The van der Waals surface area contributed by atoms with Gasteiger partial charge in [0.15, 0.2) is 0 Å². The molecule has 1 saturated heterocycles. The van der Waals surface area contributed by atoms with Gasteiger partial charge in [0.25, 0.3) is 0 Å². The molecule has 1 aliphatic rings. The Kier molecular flexibility index (Phi) is 4.26. The Morgan fingerprint density at radius 3 is 2.80 bits per heavy atom. The summed E-state index contributed by atoms with van der Waals surface area (Å²) >= 11 is 0. The van der Waals surface area contributed by atoms with Gasteiger partial charge in [0.1, 0.15) is 16.7 Å². The van der Waals surface area contributed by atoms with Crippen molar-refractivity contribution in [3.63, 3.8) is 0 Å². The molecule has 1 aromatic carbocycles. The fraction of sp³-hybridized carbons (Fsp3) is 0.417. The second kappa shape index (κ2) is 5.78. The lowest BCUT2D eigenvalue weighted by Crippen LogP contribution is -2.56. The number of hydrogen-bond acceptors (Lipinski definition) is 5. The molecule has 2 rings (SSSR count). The summed E-state index contributed by atoms with van der Waals surface area (Å²) in [5.74, 6) is -0.967. The van der Waals surface area contributed by atoms with E-state index in [-0.39, 0.29) is 23.7 Å². The number of rotatable bonds is 4. The van der Waals surface area contributed by atoms with Crippen molar-refractivity contribution in [3.05, 3.63) is 24.3 Å². The average molecular weight is 300 g/mol. The number of piperazine rings is 1. The standard InChI is InChI=1S/C12H16N2O5S/c1-19-10-4-2-3-5-11(10)20(17,18)14-7-6-13-8-9(14)12(15)16/h2-5,9,13H,6-8H2,1H3,(H,15,16). The zero-order chi connectivity index (χ0) is 14.8. The second-order valence-electron chi connectivity index (χ2n) is 4.32. The van der Waals surface area contributed by atoms with Crippen molar-refractivity contribution in [2.75, 3.05) is 26.7 Å². The Labute approximate surface area is 117 Å². The van der Waals surface area contributed by atoms with E-state index in [1.165, 1.54) is 19.2 Å². The molecule has 1 aromatic rings. The van der Waals surface area contributed by atoms with E-state index in [1.807, 2.05) is 0 Å². The van der Waals surface area contributed by atoms with Gasteiger partial charge in [-0.3, -0.25) is 4.79 Å². The fourth-order valence-electron chi connectivity index (χ4n) is 2.14. The maximum Gasteiger partial charge on any atom is 0.323 e. The number of nitrogens with one attached hydrogen (secondary N) is 1. The molecule has 1 aliphatic heterocycles. The molecule has 7 nitrogen and oxygen atoms in total. The van der Waals surface area contributed by atoms with Crippen molar-refractivity contribution in [1.29, 1.82) is 0 Å². The van der Waals surface area contributed by atoms with Crippen LogP contribution in [0.15, 0.2) is 29.2 Å². The van der Waals surface area contributed by atoms with Gasteiger partial charge in [-0.25, -0.2) is 8.42 Å². The highest BCUT2D eigenvalue weighted by molar-refractivity contribution is 7.89. The largest absolute Gasteiger partial charge is 0.495 e. The lowest BCUT2D eigenvalue weighted by molar-refractivity contribution is -0.141. The quantitative estimate of drug-likeness (QED) is 0.795. The first-order valence-electron chi connectivity index (χ1n) is 6.07.